The van der Waals surface area contributed by atoms with Gasteiger partial charge in [-0.05, 0) is 41.7 Å². The van der Waals surface area contributed by atoms with Crippen LogP contribution in [0.25, 0.3) is 0 Å². The Morgan fingerprint density at radius 1 is 1.57 bits per heavy atom. The molecule has 3 heteroatoms. The van der Waals surface area contributed by atoms with Gasteiger partial charge in [0, 0.05) is 17.9 Å². The molecule has 2 rings (SSSR count). The molecule has 1 unspecified atom stereocenters. The fraction of sp³-hybridized carbons (Fsp3) is 0.636. The van der Waals surface area contributed by atoms with Gasteiger partial charge in [-0.15, -0.1) is 11.6 Å². The first-order valence-electron chi connectivity index (χ1n) is 4.99. The van der Waals surface area contributed by atoms with Crippen LogP contribution in [0.15, 0.2) is 16.8 Å². The summed E-state index contributed by atoms with van der Waals surface area (Å²) in [6, 6.07) is 2.19. The summed E-state index contributed by atoms with van der Waals surface area (Å²) in [5, 5.41) is 4.34. The minimum atomic E-state index is 0.195. The second-order valence-corrected chi connectivity index (χ2v) is 5.15. The maximum atomic E-state index is 6.08. The van der Waals surface area contributed by atoms with Crippen LogP contribution in [0, 0.1) is 5.41 Å². The maximum absolute atomic E-state index is 6.08. The minimum absolute atomic E-state index is 0.195. The van der Waals surface area contributed by atoms with Crippen LogP contribution in [0.2, 0.25) is 0 Å². The molecule has 0 aliphatic carbocycles. The first-order chi connectivity index (χ1) is 6.85. The molecule has 0 saturated carbocycles. The molecular weight excluding hydrogens is 216 g/mol. The van der Waals surface area contributed by atoms with Crippen molar-refractivity contribution < 1.29 is 4.74 Å². The largest absolute Gasteiger partial charge is 0.381 e. The number of ether oxygens (including phenoxy) is 1. The number of rotatable bonds is 3. The Bertz CT molecular complexity index is 265. The van der Waals surface area contributed by atoms with Crippen molar-refractivity contribution in [2.45, 2.75) is 19.3 Å². The second kappa shape index (κ2) is 4.65. The topological polar surface area (TPSA) is 9.23 Å². The molecule has 1 aromatic heterocycles. The van der Waals surface area contributed by atoms with Crippen LogP contribution < -0.4 is 0 Å². The highest BCUT2D eigenvalue weighted by molar-refractivity contribution is 7.07. The fourth-order valence-corrected chi connectivity index (χ4v) is 3.00. The van der Waals surface area contributed by atoms with Crippen molar-refractivity contribution in [3.8, 4) is 0 Å². The first-order valence-corrected chi connectivity index (χ1v) is 6.47. The molecule has 1 fully saturated rings. The van der Waals surface area contributed by atoms with Crippen molar-refractivity contribution in [2.24, 2.45) is 5.41 Å². The molecule has 1 atom stereocenters. The van der Waals surface area contributed by atoms with E-state index in [2.05, 4.69) is 16.8 Å². The van der Waals surface area contributed by atoms with E-state index in [1.54, 1.807) is 11.3 Å². The van der Waals surface area contributed by atoms with Gasteiger partial charge in [0.25, 0.3) is 0 Å². The molecule has 0 spiro atoms. The van der Waals surface area contributed by atoms with E-state index < -0.39 is 0 Å². The van der Waals surface area contributed by atoms with Crippen molar-refractivity contribution >= 4 is 22.9 Å². The summed E-state index contributed by atoms with van der Waals surface area (Å²) in [4.78, 5) is 0. The van der Waals surface area contributed by atoms with Crippen molar-refractivity contribution in [3.05, 3.63) is 22.4 Å². The van der Waals surface area contributed by atoms with Crippen LogP contribution in [0.5, 0.6) is 0 Å². The number of hydrogen-bond acceptors (Lipinski definition) is 2. The number of hydrogen-bond donors (Lipinski definition) is 0. The lowest BCUT2D eigenvalue weighted by atomic mass is 9.79. The SMILES string of the molecule is ClCC1(Cc2ccsc2)CCCOC1. The number of alkyl halides is 1. The van der Waals surface area contributed by atoms with Crippen molar-refractivity contribution in [1.82, 2.24) is 0 Å². The van der Waals surface area contributed by atoms with E-state index in [4.69, 9.17) is 16.3 Å². The molecule has 1 aliphatic rings. The van der Waals surface area contributed by atoms with Gasteiger partial charge in [0.05, 0.1) is 6.61 Å². The number of halogens is 1. The van der Waals surface area contributed by atoms with E-state index >= 15 is 0 Å². The average molecular weight is 231 g/mol. The quantitative estimate of drug-likeness (QED) is 0.724. The van der Waals surface area contributed by atoms with Crippen LogP contribution in [-0.4, -0.2) is 19.1 Å². The monoisotopic (exact) mass is 230 g/mol. The molecule has 14 heavy (non-hydrogen) atoms. The van der Waals surface area contributed by atoms with E-state index in [1.807, 2.05) is 0 Å². The summed E-state index contributed by atoms with van der Waals surface area (Å²) in [5.74, 6) is 0.711. The van der Waals surface area contributed by atoms with Gasteiger partial charge >= 0.3 is 0 Å². The molecule has 0 radical (unpaired) electrons. The minimum Gasteiger partial charge on any atom is -0.381 e. The van der Waals surface area contributed by atoms with Crippen LogP contribution in [0.1, 0.15) is 18.4 Å². The van der Waals surface area contributed by atoms with Gasteiger partial charge in [-0.2, -0.15) is 11.3 Å². The van der Waals surface area contributed by atoms with Gasteiger partial charge in [0.2, 0.25) is 0 Å². The fourth-order valence-electron chi connectivity index (χ4n) is 2.03. The summed E-state index contributed by atoms with van der Waals surface area (Å²) < 4.78 is 5.54. The molecule has 1 aliphatic heterocycles. The Kier molecular flexibility index (Phi) is 3.47. The molecule has 78 valence electrons. The molecule has 1 saturated heterocycles. The second-order valence-electron chi connectivity index (χ2n) is 4.10. The molecule has 0 amide bonds. The summed E-state index contributed by atoms with van der Waals surface area (Å²) in [6.45, 7) is 1.73. The van der Waals surface area contributed by atoms with Gasteiger partial charge in [-0.1, -0.05) is 0 Å². The van der Waals surface area contributed by atoms with Crippen molar-refractivity contribution in [2.75, 3.05) is 19.1 Å². The molecule has 0 N–H and O–H groups in total. The zero-order valence-electron chi connectivity index (χ0n) is 8.17. The zero-order valence-corrected chi connectivity index (χ0v) is 9.74. The van der Waals surface area contributed by atoms with Gasteiger partial charge < -0.3 is 4.74 Å². The lowest BCUT2D eigenvalue weighted by Gasteiger charge is -2.35. The van der Waals surface area contributed by atoms with Gasteiger partial charge in [-0.3, -0.25) is 0 Å². The van der Waals surface area contributed by atoms with Gasteiger partial charge in [0.15, 0.2) is 0 Å². The summed E-state index contributed by atoms with van der Waals surface area (Å²) in [5.41, 5.74) is 1.60. The smallest absolute Gasteiger partial charge is 0.0537 e. The average Bonchev–Trinajstić information content (AvgIpc) is 2.72. The summed E-state index contributed by atoms with van der Waals surface area (Å²) in [7, 11) is 0. The Labute approximate surface area is 94.0 Å². The van der Waals surface area contributed by atoms with Crippen LogP contribution in [-0.2, 0) is 11.2 Å². The predicted octanol–water partition coefficient (Wildman–Crippen LogP) is 3.33. The molecule has 1 nitrogen and oxygen atoms in total. The molecule has 1 aromatic rings. The van der Waals surface area contributed by atoms with Crippen molar-refractivity contribution in [3.63, 3.8) is 0 Å². The van der Waals surface area contributed by atoms with Crippen LogP contribution in [0.4, 0.5) is 0 Å². The van der Waals surface area contributed by atoms with E-state index in [0.29, 0.717) is 5.88 Å². The molecule has 0 bridgehead atoms. The lowest BCUT2D eigenvalue weighted by molar-refractivity contribution is 0.00482. The number of thiophene rings is 1. The Balaban J connectivity index is 2.04. The predicted molar refractivity (Wildman–Crippen MR) is 61.2 cm³/mol. The molecular formula is C11H15ClOS. The van der Waals surface area contributed by atoms with Gasteiger partial charge in [-0.25, -0.2) is 0 Å². The zero-order chi connectivity index (χ0) is 9.86. The van der Waals surface area contributed by atoms with Crippen molar-refractivity contribution in [1.29, 1.82) is 0 Å². The Hall–Kier alpha value is -0.0500. The normalized spacial score (nSPS) is 27.8. The van der Waals surface area contributed by atoms with E-state index in [0.717, 1.165) is 26.1 Å². The molecule has 2 heterocycles. The van der Waals surface area contributed by atoms with E-state index in [-0.39, 0.29) is 5.41 Å². The third-order valence-electron chi connectivity index (χ3n) is 2.85. The Morgan fingerprint density at radius 3 is 3.07 bits per heavy atom. The first kappa shape index (κ1) is 10.5. The maximum Gasteiger partial charge on any atom is 0.0537 e. The Morgan fingerprint density at radius 2 is 2.50 bits per heavy atom. The van der Waals surface area contributed by atoms with Crippen LogP contribution >= 0.6 is 22.9 Å². The highest BCUT2D eigenvalue weighted by Gasteiger charge is 2.32. The third-order valence-corrected chi connectivity index (χ3v) is 4.15. The standard InChI is InChI=1S/C11H15ClOS/c12-8-11(3-1-4-13-9-11)6-10-2-5-14-7-10/h2,5,7H,1,3-4,6,8-9H2. The van der Waals surface area contributed by atoms with E-state index in [1.165, 1.54) is 12.0 Å². The summed E-state index contributed by atoms with van der Waals surface area (Å²) >= 11 is 7.83. The molecule has 0 aromatic carbocycles. The van der Waals surface area contributed by atoms with Gasteiger partial charge in [0.1, 0.15) is 0 Å². The highest BCUT2D eigenvalue weighted by atomic mass is 35.5. The van der Waals surface area contributed by atoms with E-state index in [9.17, 15) is 0 Å². The third kappa shape index (κ3) is 2.30. The highest BCUT2D eigenvalue weighted by Crippen LogP contribution is 2.34. The van der Waals surface area contributed by atoms with Crippen LogP contribution in [0.3, 0.4) is 0 Å². The summed E-state index contributed by atoms with van der Waals surface area (Å²) in [6.07, 6.45) is 3.42. The lowest BCUT2D eigenvalue weighted by Crippen LogP contribution is -2.35.